The van der Waals surface area contributed by atoms with Crippen LogP contribution in [0, 0.1) is 5.92 Å². The van der Waals surface area contributed by atoms with Crippen LogP contribution in [0.25, 0.3) is 0 Å². The van der Waals surface area contributed by atoms with Gasteiger partial charge in [0.2, 0.25) is 0 Å². The van der Waals surface area contributed by atoms with Gasteiger partial charge in [-0.25, -0.2) is 0 Å². The number of para-hydroxylation sites is 1. The van der Waals surface area contributed by atoms with Gasteiger partial charge in [-0.1, -0.05) is 36.6 Å². The maximum absolute atomic E-state index is 6.46. The van der Waals surface area contributed by atoms with E-state index in [1.165, 1.54) is 49.8 Å². The molecule has 1 unspecified atom stereocenters. The molecule has 1 aliphatic heterocycles. The van der Waals surface area contributed by atoms with Crippen LogP contribution in [0.5, 0.6) is 0 Å². The summed E-state index contributed by atoms with van der Waals surface area (Å²) in [6.45, 7) is 1.71. The van der Waals surface area contributed by atoms with Gasteiger partial charge in [-0.15, -0.1) is 0 Å². The maximum Gasteiger partial charge on any atom is 0.0643 e. The van der Waals surface area contributed by atoms with Gasteiger partial charge in [0.1, 0.15) is 0 Å². The summed E-state index contributed by atoms with van der Waals surface area (Å²) in [5.74, 6) is 0.865. The third kappa shape index (κ3) is 2.48. The Labute approximate surface area is 120 Å². The first-order valence-corrected chi connectivity index (χ1v) is 7.93. The Hall–Kier alpha value is -0.730. The minimum absolute atomic E-state index is 0.573. The van der Waals surface area contributed by atoms with Gasteiger partial charge in [-0.3, -0.25) is 0 Å². The number of nitrogens with two attached hydrogens (primary N) is 1. The normalized spacial score (nSPS) is 24.3. The molecule has 3 rings (SSSR count). The van der Waals surface area contributed by atoms with Gasteiger partial charge in [-0.2, -0.15) is 0 Å². The topological polar surface area (TPSA) is 29.3 Å². The summed E-state index contributed by atoms with van der Waals surface area (Å²) in [5, 5.41) is 0.868. The van der Waals surface area contributed by atoms with Crippen LogP contribution < -0.4 is 10.6 Å². The van der Waals surface area contributed by atoms with Crippen molar-refractivity contribution >= 4 is 17.3 Å². The average molecular weight is 279 g/mol. The van der Waals surface area contributed by atoms with Gasteiger partial charge in [0.25, 0.3) is 0 Å². The van der Waals surface area contributed by atoms with Crippen LogP contribution in [0.2, 0.25) is 5.02 Å². The zero-order valence-corrected chi connectivity index (χ0v) is 12.2. The summed E-state index contributed by atoms with van der Waals surface area (Å²) in [6, 6.07) is 6.81. The number of nitrogens with zero attached hydrogens (tertiary/aromatic N) is 1. The third-order valence-electron chi connectivity index (χ3n) is 4.82. The van der Waals surface area contributed by atoms with Crippen LogP contribution >= 0.6 is 11.6 Å². The first kappa shape index (κ1) is 13.3. The summed E-state index contributed by atoms with van der Waals surface area (Å²) in [7, 11) is 0. The SMILES string of the molecule is NCc1cccc(Cl)c1N1CCCC1C1CCCC1. The van der Waals surface area contributed by atoms with Crippen molar-refractivity contribution in [2.75, 3.05) is 11.4 Å². The second-order valence-corrected chi connectivity index (χ2v) is 6.31. The molecule has 0 amide bonds. The van der Waals surface area contributed by atoms with E-state index >= 15 is 0 Å². The highest BCUT2D eigenvalue weighted by atomic mass is 35.5. The van der Waals surface area contributed by atoms with E-state index in [4.69, 9.17) is 17.3 Å². The van der Waals surface area contributed by atoms with Crippen LogP contribution in [0.3, 0.4) is 0 Å². The molecule has 0 aromatic heterocycles. The predicted molar refractivity (Wildman–Crippen MR) is 81.7 cm³/mol. The van der Waals surface area contributed by atoms with E-state index in [2.05, 4.69) is 11.0 Å². The molecule has 1 saturated carbocycles. The molecule has 104 valence electrons. The molecule has 1 aliphatic carbocycles. The molecule has 19 heavy (non-hydrogen) atoms. The molecule has 2 N–H and O–H groups in total. The minimum atomic E-state index is 0.573. The van der Waals surface area contributed by atoms with E-state index in [1.54, 1.807) is 0 Å². The molecular weight excluding hydrogens is 256 g/mol. The van der Waals surface area contributed by atoms with Gasteiger partial charge in [0, 0.05) is 19.1 Å². The first-order valence-electron chi connectivity index (χ1n) is 7.55. The molecule has 3 heteroatoms. The molecule has 1 atom stereocenters. The van der Waals surface area contributed by atoms with Gasteiger partial charge in [-0.05, 0) is 43.2 Å². The average Bonchev–Trinajstić information content (AvgIpc) is 3.08. The van der Waals surface area contributed by atoms with Gasteiger partial charge in [0.15, 0.2) is 0 Å². The lowest BCUT2D eigenvalue weighted by Gasteiger charge is -2.33. The van der Waals surface area contributed by atoms with E-state index in [9.17, 15) is 0 Å². The Bertz CT molecular complexity index is 440. The lowest BCUT2D eigenvalue weighted by atomic mass is 9.95. The highest BCUT2D eigenvalue weighted by Gasteiger charge is 2.34. The number of benzene rings is 1. The first-order chi connectivity index (χ1) is 9.31. The second kappa shape index (κ2) is 5.72. The van der Waals surface area contributed by atoms with Crippen molar-refractivity contribution < 1.29 is 0 Å². The van der Waals surface area contributed by atoms with Gasteiger partial charge < -0.3 is 10.6 Å². The molecule has 1 heterocycles. The number of halogens is 1. The zero-order valence-electron chi connectivity index (χ0n) is 11.4. The van der Waals surface area contributed by atoms with E-state index in [0.29, 0.717) is 12.6 Å². The summed E-state index contributed by atoms with van der Waals surface area (Å²) >= 11 is 6.46. The largest absolute Gasteiger partial charge is 0.367 e. The van der Waals surface area contributed by atoms with Crippen molar-refractivity contribution in [3.8, 4) is 0 Å². The van der Waals surface area contributed by atoms with Gasteiger partial charge in [0.05, 0.1) is 10.7 Å². The fraction of sp³-hybridized carbons (Fsp3) is 0.625. The van der Waals surface area contributed by atoms with E-state index in [1.807, 2.05) is 12.1 Å². The molecule has 1 saturated heterocycles. The molecule has 0 spiro atoms. The lowest BCUT2D eigenvalue weighted by Crippen LogP contribution is -2.35. The van der Waals surface area contributed by atoms with E-state index in [-0.39, 0.29) is 0 Å². The summed E-state index contributed by atoms with van der Waals surface area (Å²) in [5.41, 5.74) is 8.30. The molecule has 2 aliphatic rings. The Morgan fingerprint density at radius 3 is 2.68 bits per heavy atom. The van der Waals surface area contributed by atoms with Crippen molar-refractivity contribution in [1.82, 2.24) is 0 Å². The molecule has 1 aromatic carbocycles. The zero-order chi connectivity index (χ0) is 13.2. The van der Waals surface area contributed by atoms with Crippen LogP contribution in [-0.4, -0.2) is 12.6 Å². The van der Waals surface area contributed by atoms with Crippen LogP contribution in [0.1, 0.15) is 44.1 Å². The second-order valence-electron chi connectivity index (χ2n) is 5.90. The standard InChI is InChI=1S/C16H23ClN2/c17-14-8-3-7-13(11-18)16(14)19-10-4-9-15(19)12-5-1-2-6-12/h3,7-8,12,15H,1-2,4-6,9-11,18H2. The number of hydrogen-bond donors (Lipinski definition) is 1. The summed E-state index contributed by atoms with van der Waals surface area (Å²) < 4.78 is 0. The molecule has 1 aromatic rings. The van der Waals surface area contributed by atoms with Crippen LogP contribution in [0.15, 0.2) is 18.2 Å². The minimum Gasteiger partial charge on any atom is -0.367 e. The van der Waals surface area contributed by atoms with Crippen molar-refractivity contribution in [2.45, 2.75) is 51.1 Å². The smallest absolute Gasteiger partial charge is 0.0643 e. The molecule has 2 nitrogen and oxygen atoms in total. The highest BCUT2D eigenvalue weighted by Crippen LogP contribution is 2.41. The fourth-order valence-electron chi connectivity index (χ4n) is 3.95. The summed E-state index contributed by atoms with van der Waals surface area (Å²) in [6.07, 6.45) is 8.20. The maximum atomic E-state index is 6.46. The Balaban J connectivity index is 1.91. The van der Waals surface area contributed by atoms with Crippen molar-refractivity contribution in [2.24, 2.45) is 11.7 Å². The number of rotatable bonds is 3. The molecule has 0 bridgehead atoms. The van der Waals surface area contributed by atoms with E-state index < -0.39 is 0 Å². The summed E-state index contributed by atoms with van der Waals surface area (Å²) in [4.78, 5) is 2.56. The van der Waals surface area contributed by atoms with Crippen LogP contribution in [0.4, 0.5) is 5.69 Å². The van der Waals surface area contributed by atoms with Crippen molar-refractivity contribution in [3.05, 3.63) is 28.8 Å². The number of hydrogen-bond acceptors (Lipinski definition) is 2. The lowest BCUT2D eigenvalue weighted by molar-refractivity contribution is 0.430. The predicted octanol–water partition coefficient (Wildman–Crippen LogP) is 3.96. The van der Waals surface area contributed by atoms with Crippen molar-refractivity contribution in [3.63, 3.8) is 0 Å². The monoisotopic (exact) mass is 278 g/mol. The van der Waals surface area contributed by atoms with Crippen LogP contribution in [-0.2, 0) is 6.54 Å². The quantitative estimate of drug-likeness (QED) is 0.907. The third-order valence-corrected chi connectivity index (χ3v) is 5.13. The Kier molecular flexibility index (Phi) is 3.99. The molecular formula is C16H23ClN2. The highest BCUT2D eigenvalue weighted by molar-refractivity contribution is 6.33. The van der Waals surface area contributed by atoms with E-state index in [0.717, 1.165) is 17.5 Å². The van der Waals surface area contributed by atoms with Crippen molar-refractivity contribution in [1.29, 1.82) is 0 Å². The Morgan fingerprint density at radius 2 is 1.95 bits per heavy atom. The molecule has 0 radical (unpaired) electrons. The Morgan fingerprint density at radius 1 is 1.16 bits per heavy atom. The molecule has 2 fully saturated rings. The fourth-order valence-corrected chi connectivity index (χ4v) is 4.25. The number of anilines is 1. The van der Waals surface area contributed by atoms with Gasteiger partial charge >= 0.3 is 0 Å².